The van der Waals surface area contributed by atoms with Crippen LogP contribution < -0.4 is 27.0 Å². The number of carbonyl (C=O) groups excluding carboxylic acids is 1. The van der Waals surface area contributed by atoms with Crippen LogP contribution in [0.15, 0.2) is 54.7 Å². The van der Waals surface area contributed by atoms with Crippen molar-refractivity contribution in [1.82, 2.24) is 4.57 Å². The van der Waals surface area contributed by atoms with Crippen molar-refractivity contribution in [2.24, 2.45) is 0 Å². The van der Waals surface area contributed by atoms with Crippen molar-refractivity contribution in [3.63, 3.8) is 0 Å². The fourth-order valence-electron chi connectivity index (χ4n) is 3.65. The molecule has 1 aliphatic heterocycles. The second kappa shape index (κ2) is 9.09. The molecule has 0 bridgehead atoms. The minimum Gasteiger partial charge on any atom is -1.00 e. The molecule has 5 nitrogen and oxygen atoms in total. The molecule has 0 atom stereocenters. The third kappa shape index (κ3) is 4.59. The van der Waals surface area contributed by atoms with Crippen LogP contribution >= 0.6 is 0 Å². The zero-order valence-corrected chi connectivity index (χ0v) is 17.0. The molecule has 1 N–H and O–H groups in total. The van der Waals surface area contributed by atoms with Crippen LogP contribution in [-0.4, -0.2) is 17.1 Å². The summed E-state index contributed by atoms with van der Waals surface area (Å²) in [5, 5.41) is 2.93. The van der Waals surface area contributed by atoms with Crippen LogP contribution in [-0.2, 0) is 24.3 Å². The van der Waals surface area contributed by atoms with Crippen molar-refractivity contribution >= 4 is 11.6 Å². The molecule has 7 heteroatoms. The molecule has 152 valence electrons. The Kier molecular flexibility index (Phi) is 6.54. The van der Waals surface area contributed by atoms with E-state index in [1.807, 2.05) is 42.0 Å². The highest BCUT2D eigenvalue weighted by atomic mass is 35.5. The zero-order chi connectivity index (χ0) is 19.5. The lowest BCUT2D eigenvalue weighted by Gasteiger charge is -2.06. The molecule has 2 heterocycles. The molecule has 0 spiro atoms. The van der Waals surface area contributed by atoms with Crippen molar-refractivity contribution in [2.45, 2.75) is 32.9 Å². The molecular weight excluding hydrogens is 393 g/mol. The first-order valence-corrected chi connectivity index (χ1v) is 9.54. The minimum absolute atomic E-state index is 0. The number of halogens is 2. The molecule has 0 aliphatic carbocycles. The van der Waals surface area contributed by atoms with Crippen molar-refractivity contribution in [3.05, 3.63) is 66.4 Å². The lowest BCUT2D eigenvalue weighted by atomic mass is 10.1. The van der Waals surface area contributed by atoms with Crippen LogP contribution in [0.4, 0.5) is 10.1 Å². The van der Waals surface area contributed by atoms with Crippen molar-refractivity contribution < 1.29 is 30.9 Å². The Morgan fingerprint density at radius 1 is 1.17 bits per heavy atom. The van der Waals surface area contributed by atoms with Gasteiger partial charge in [-0.05, 0) is 61.9 Å². The number of nitrogens with zero attached hydrogens (tertiary/aromatic N) is 2. The number of anilines is 1. The largest absolute Gasteiger partial charge is 1.00 e. The second-order valence-corrected chi connectivity index (χ2v) is 6.83. The molecule has 0 fully saturated rings. The Hall–Kier alpha value is -2.86. The highest BCUT2D eigenvalue weighted by molar-refractivity contribution is 5.89. The number of amides is 1. The average molecular weight is 416 g/mol. The van der Waals surface area contributed by atoms with E-state index in [4.69, 9.17) is 4.74 Å². The van der Waals surface area contributed by atoms with Gasteiger partial charge in [-0.15, -0.1) is 0 Å². The van der Waals surface area contributed by atoms with Gasteiger partial charge in [-0.3, -0.25) is 4.79 Å². The van der Waals surface area contributed by atoms with Gasteiger partial charge in [0, 0.05) is 11.3 Å². The van der Waals surface area contributed by atoms with Crippen LogP contribution in [0.2, 0.25) is 0 Å². The maximum absolute atomic E-state index is 13.3. The van der Waals surface area contributed by atoms with Gasteiger partial charge in [-0.1, -0.05) is 0 Å². The topological polar surface area (TPSA) is 47.1 Å². The number of hydrogen-bond acceptors (Lipinski definition) is 2. The molecule has 4 rings (SSSR count). The number of fused-ring (bicyclic) bond motifs is 1. The average Bonchev–Trinajstić information content (AvgIpc) is 3.28. The Labute approximate surface area is 175 Å². The molecule has 2 aromatic carbocycles. The molecule has 29 heavy (non-hydrogen) atoms. The lowest BCUT2D eigenvalue weighted by molar-refractivity contribution is -0.690. The number of nitrogens with one attached hydrogen (secondary N) is 1. The van der Waals surface area contributed by atoms with E-state index in [0.717, 1.165) is 47.9 Å². The Balaban J connectivity index is 0.00000240. The van der Waals surface area contributed by atoms with E-state index in [9.17, 15) is 9.18 Å². The Bertz CT molecular complexity index is 985. The minimum atomic E-state index is -0.250. The lowest BCUT2D eigenvalue weighted by Crippen LogP contribution is -3.00. The smallest absolute Gasteiger partial charge is 0.266 e. The molecule has 3 aromatic rings. The summed E-state index contributed by atoms with van der Waals surface area (Å²) < 4.78 is 22.9. The number of rotatable bonds is 6. The van der Waals surface area contributed by atoms with E-state index in [1.54, 1.807) is 12.1 Å². The normalized spacial score (nSPS) is 12.2. The number of imidazole rings is 1. The van der Waals surface area contributed by atoms with Gasteiger partial charge in [-0.2, -0.15) is 0 Å². The maximum Gasteiger partial charge on any atom is 0.266 e. The van der Waals surface area contributed by atoms with Crippen molar-refractivity contribution in [2.75, 3.05) is 11.9 Å². The van der Waals surface area contributed by atoms with E-state index in [0.29, 0.717) is 6.61 Å². The van der Waals surface area contributed by atoms with Gasteiger partial charge < -0.3 is 22.5 Å². The van der Waals surface area contributed by atoms with Crippen LogP contribution in [0, 0.1) is 5.82 Å². The summed E-state index contributed by atoms with van der Waals surface area (Å²) >= 11 is 0. The first-order chi connectivity index (χ1) is 13.6. The molecule has 1 amide bonds. The SMILES string of the molecule is CCOc1ccc(NC(=O)C[n+]2cc(-c3ccc(F)cc3)n3c2CCC3)cc1.[Cl-]. The highest BCUT2D eigenvalue weighted by Gasteiger charge is 2.29. The molecule has 0 unspecified atom stereocenters. The van der Waals surface area contributed by atoms with Crippen molar-refractivity contribution in [3.8, 4) is 17.0 Å². The van der Waals surface area contributed by atoms with Crippen molar-refractivity contribution in [1.29, 1.82) is 0 Å². The predicted octanol–water partition coefficient (Wildman–Crippen LogP) is 0.569. The van der Waals surface area contributed by atoms with Crippen LogP contribution in [0.25, 0.3) is 11.3 Å². The number of hydrogen-bond donors (Lipinski definition) is 1. The Morgan fingerprint density at radius 3 is 2.59 bits per heavy atom. The third-order valence-corrected chi connectivity index (χ3v) is 4.90. The fourth-order valence-corrected chi connectivity index (χ4v) is 3.65. The molecule has 1 aliphatic rings. The number of aromatic nitrogens is 2. The first-order valence-electron chi connectivity index (χ1n) is 9.54. The van der Waals surface area contributed by atoms with Gasteiger partial charge >= 0.3 is 0 Å². The number of benzene rings is 2. The summed E-state index contributed by atoms with van der Waals surface area (Å²) in [6.07, 6.45) is 3.96. The quantitative estimate of drug-likeness (QED) is 0.598. The summed E-state index contributed by atoms with van der Waals surface area (Å²) in [5.74, 6) is 1.57. The van der Waals surface area contributed by atoms with E-state index in [1.165, 1.54) is 12.1 Å². The third-order valence-electron chi connectivity index (χ3n) is 4.90. The second-order valence-electron chi connectivity index (χ2n) is 6.83. The van der Waals surface area contributed by atoms with Crippen LogP contribution in [0.1, 0.15) is 19.2 Å². The number of ether oxygens (including phenoxy) is 1. The summed E-state index contributed by atoms with van der Waals surface area (Å²) in [4.78, 5) is 12.6. The first kappa shape index (κ1) is 20.9. The van der Waals surface area contributed by atoms with Gasteiger partial charge in [0.05, 0.1) is 19.6 Å². The molecule has 1 aromatic heterocycles. The predicted molar refractivity (Wildman–Crippen MR) is 105 cm³/mol. The Morgan fingerprint density at radius 2 is 1.90 bits per heavy atom. The van der Waals surface area contributed by atoms with Crippen LogP contribution in [0.5, 0.6) is 5.75 Å². The van der Waals surface area contributed by atoms with Gasteiger partial charge in [0.25, 0.3) is 11.7 Å². The van der Waals surface area contributed by atoms with E-state index in [2.05, 4.69) is 9.88 Å². The maximum atomic E-state index is 13.3. The molecule has 0 radical (unpaired) electrons. The van der Waals surface area contributed by atoms with Gasteiger partial charge in [0.1, 0.15) is 17.8 Å². The summed E-state index contributed by atoms with van der Waals surface area (Å²) in [6, 6.07) is 13.8. The summed E-state index contributed by atoms with van der Waals surface area (Å²) in [7, 11) is 0. The standard InChI is InChI=1S/C22H22FN3O2.ClH/c1-2-28-19-11-9-18(10-12-19)24-21(27)15-25-14-20(26-13-3-4-22(25)26)16-5-7-17(23)8-6-16;/h5-12,14H,2-4,13,15H2,1H3;1H. The van der Waals surface area contributed by atoms with Gasteiger partial charge in [0.15, 0.2) is 12.2 Å². The molecular formula is C22H23ClFN3O2. The van der Waals surface area contributed by atoms with E-state index >= 15 is 0 Å². The number of carbonyl (C=O) groups is 1. The van der Waals surface area contributed by atoms with E-state index in [-0.39, 0.29) is 30.7 Å². The fraction of sp³-hybridized carbons (Fsp3) is 0.273. The van der Waals surface area contributed by atoms with Gasteiger partial charge in [0.2, 0.25) is 0 Å². The van der Waals surface area contributed by atoms with Crippen LogP contribution in [0.3, 0.4) is 0 Å². The highest BCUT2D eigenvalue weighted by Crippen LogP contribution is 2.25. The summed E-state index contributed by atoms with van der Waals surface area (Å²) in [6.45, 7) is 3.70. The zero-order valence-electron chi connectivity index (χ0n) is 16.2. The molecule has 0 saturated heterocycles. The van der Waals surface area contributed by atoms with E-state index < -0.39 is 0 Å². The summed E-state index contributed by atoms with van der Waals surface area (Å²) in [5.41, 5.74) is 2.71. The molecule has 0 saturated carbocycles. The van der Waals surface area contributed by atoms with Gasteiger partial charge in [-0.25, -0.2) is 13.5 Å². The monoisotopic (exact) mass is 415 g/mol.